The van der Waals surface area contributed by atoms with E-state index in [2.05, 4.69) is 36.4 Å². The summed E-state index contributed by atoms with van der Waals surface area (Å²) in [6, 6.07) is 14.7. The van der Waals surface area contributed by atoms with Gasteiger partial charge in [-0.05, 0) is 43.5 Å². The van der Waals surface area contributed by atoms with Crippen molar-refractivity contribution in [3.8, 4) is 0 Å². The molecule has 8 heteroatoms. The Morgan fingerprint density at radius 1 is 1.08 bits per heavy atom. The molecular weight excluding hydrogens is 474 g/mol. The summed E-state index contributed by atoms with van der Waals surface area (Å²) in [6.07, 6.45) is 2.46. The van der Waals surface area contributed by atoms with Crippen LogP contribution in [0.2, 0.25) is 0 Å². The van der Waals surface area contributed by atoms with Gasteiger partial charge in [-0.15, -0.1) is 6.58 Å². The Morgan fingerprint density at radius 3 is 2.36 bits per heavy atom. The van der Waals surface area contributed by atoms with Crippen molar-refractivity contribution in [1.29, 1.82) is 0 Å². The largest absolute Gasteiger partial charge is 0.444 e. The third-order valence-electron chi connectivity index (χ3n) is 5.11. The number of carbonyl (C=O) groups excluding carboxylic acids is 3. The fourth-order valence-corrected chi connectivity index (χ4v) is 3.76. The number of amides is 3. The number of thiol groups is 1. The summed E-state index contributed by atoms with van der Waals surface area (Å²) in [5.74, 6) is -0.846. The Hall–Kier alpha value is -3.52. The fraction of sp³-hybridized carbons (Fsp3) is 0.321. The summed E-state index contributed by atoms with van der Waals surface area (Å²) in [5, 5.41) is 5.51. The van der Waals surface area contributed by atoms with Gasteiger partial charge in [0, 0.05) is 18.8 Å². The van der Waals surface area contributed by atoms with Gasteiger partial charge in [0.2, 0.25) is 11.8 Å². The highest BCUT2D eigenvalue weighted by Crippen LogP contribution is 2.24. The Morgan fingerprint density at radius 2 is 1.78 bits per heavy atom. The zero-order chi connectivity index (χ0) is 26.7. The van der Waals surface area contributed by atoms with Crippen molar-refractivity contribution in [2.24, 2.45) is 0 Å². The molecule has 0 saturated heterocycles. The van der Waals surface area contributed by atoms with Crippen molar-refractivity contribution < 1.29 is 19.1 Å². The molecule has 192 valence electrons. The van der Waals surface area contributed by atoms with Gasteiger partial charge in [0.25, 0.3) is 0 Å². The van der Waals surface area contributed by atoms with Gasteiger partial charge < -0.3 is 20.3 Å². The lowest BCUT2D eigenvalue weighted by molar-refractivity contribution is -0.141. The molecular formula is C28H35N3O4S. The minimum atomic E-state index is -1.02. The predicted molar refractivity (Wildman–Crippen MR) is 146 cm³/mol. The first-order chi connectivity index (χ1) is 17.1. The van der Waals surface area contributed by atoms with E-state index >= 15 is 0 Å². The number of rotatable bonds is 11. The van der Waals surface area contributed by atoms with Crippen molar-refractivity contribution in [2.45, 2.75) is 45.0 Å². The molecule has 0 bridgehead atoms. The molecule has 0 aliphatic heterocycles. The molecule has 0 radical (unpaired) electrons. The monoisotopic (exact) mass is 509 g/mol. The maximum absolute atomic E-state index is 13.7. The molecule has 7 nitrogen and oxygen atoms in total. The highest BCUT2D eigenvalue weighted by Gasteiger charge is 2.35. The van der Waals surface area contributed by atoms with Crippen molar-refractivity contribution in [3.63, 3.8) is 0 Å². The zero-order valence-electron chi connectivity index (χ0n) is 21.1. The van der Waals surface area contributed by atoms with Gasteiger partial charge in [-0.1, -0.05) is 67.3 Å². The summed E-state index contributed by atoms with van der Waals surface area (Å²) in [5.41, 5.74) is 1.59. The molecule has 2 aromatic rings. The molecule has 3 amide bonds. The van der Waals surface area contributed by atoms with Gasteiger partial charge >= 0.3 is 6.09 Å². The third-order valence-corrected chi connectivity index (χ3v) is 5.48. The number of alkyl carbamates (subject to hydrolysis) is 1. The first kappa shape index (κ1) is 28.7. The molecule has 0 fully saturated rings. The maximum Gasteiger partial charge on any atom is 0.408 e. The second-order valence-electron chi connectivity index (χ2n) is 9.14. The van der Waals surface area contributed by atoms with Crippen LogP contribution >= 0.6 is 12.6 Å². The number of nitrogens with zero attached hydrogens (tertiary/aromatic N) is 1. The van der Waals surface area contributed by atoms with E-state index in [1.165, 1.54) is 11.0 Å². The molecule has 2 atom stereocenters. The predicted octanol–water partition coefficient (Wildman–Crippen LogP) is 4.52. The van der Waals surface area contributed by atoms with E-state index in [1.807, 2.05) is 36.4 Å². The summed E-state index contributed by atoms with van der Waals surface area (Å²) in [6.45, 7) is 13.1. The summed E-state index contributed by atoms with van der Waals surface area (Å²) in [4.78, 5) is 41.0. The molecule has 2 aromatic carbocycles. The van der Waals surface area contributed by atoms with Crippen LogP contribution < -0.4 is 10.6 Å². The number of hydrogen-bond acceptors (Lipinski definition) is 5. The van der Waals surface area contributed by atoms with E-state index < -0.39 is 29.7 Å². The van der Waals surface area contributed by atoms with E-state index in [1.54, 1.807) is 45.0 Å². The summed E-state index contributed by atoms with van der Waals surface area (Å²) >= 11 is 4.27. The second kappa shape index (κ2) is 13.5. The van der Waals surface area contributed by atoms with Crippen LogP contribution in [0.3, 0.4) is 0 Å². The standard InChI is InChI=1S/C28H35N3O4S/c1-6-16-31(26(33)23(19-36)30-27(34)35-28(3,4)5)24(22-15-11-14-20(7-2)17-22)25(32)29-18-21-12-9-8-10-13-21/h6-15,17,23-24,36H,1-2,16,18-19H2,3-5H3,(H,29,32)(H,30,34). The van der Waals surface area contributed by atoms with Gasteiger partial charge in [0.1, 0.15) is 17.7 Å². The molecule has 0 aliphatic rings. The average Bonchev–Trinajstić information content (AvgIpc) is 2.85. The summed E-state index contributed by atoms with van der Waals surface area (Å²) in [7, 11) is 0. The lowest BCUT2D eigenvalue weighted by Crippen LogP contribution is -2.53. The summed E-state index contributed by atoms with van der Waals surface area (Å²) < 4.78 is 5.31. The Bertz CT molecular complexity index is 1070. The Labute approximate surface area is 219 Å². The molecule has 0 aliphatic carbocycles. The van der Waals surface area contributed by atoms with Crippen molar-refractivity contribution in [1.82, 2.24) is 15.5 Å². The van der Waals surface area contributed by atoms with Crippen molar-refractivity contribution in [2.75, 3.05) is 12.3 Å². The van der Waals surface area contributed by atoms with Crippen LogP contribution in [0, 0.1) is 0 Å². The lowest BCUT2D eigenvalue weighted by Gasteiger charge is -2.33. The van der Waals surface area contributed by atoms with Gasteiger partial charge in [0.05, 0.1) is 0 Å². The van der Waals surface area contributed by atoms with Crippen LogP contribution in [0.4, 0.5) is 4.79 Å². The highest BCUT2D eigenvalue weighted by atomic mass is 32.1. The fourth-order valence-electron chi connectivity index (χ4n) is 3.51. The highest BCUT2D eigenvalue weighted by molar-refractivity contribution is 7.80. The second-order valence-corrected chi connectivity index (χ2v) is 9.51. The minimum Gasteiger partial charge on any atom is -0.444 e. The van der Waals surface area contributed by atoms with Gasteiger partial charge in [0.15, 0.2) is 0 Å². The molecule has 0 spiro atoms. The average molecular weight is 510 g/mol. The number of carbonyl (C=O) groups is 3. The molecule has 0 heterocycles. The first-order valence-corrected chi connectivity index (χ1v) is 12.3. The smallest absolute Gasteiger partial charge is 0.408 e. The Kier molecular flexibility index (Phi) is 10.8. The topological polar surface area (TPSA) is 87.7 Å². The zero-order valence-corrected chi connectivity index (χ0v) is 22.0. The number of ether oxygens (including phenoxy) is 1. The molecule has 2 rings (SSSR count). The van der Waals surface area contributed by atoms with E-state index in [9.17, 15) is 14.4 Å². The third kappa shape index (κ3) is 8.61. The molecule has 2 unspecified atom stereocenters. The SMILES string of the molecule is C=CCN(C(=O)C(CS)NC(=O)OC(C)(C)C)C(C(=O)NCc1ccccc1)c1cccc(C=C)c1. The van der Waals surface area contributed by atoms with Crippen LogP contribution in [-0.4, -0.2) is 46.7 Å². The van der Waals surface area contributed by atoms with E-state index in [0.717, 1.165) is 11.1 Å². The number of nitrogens with one attached hydrogen (secondary N) is 2. The van der Waals surface area contributed by atoms with Gasteiger partial charge in [-0.3, -0.25) is 9.59 Å². The van der Waals surface area contributed by atoms with Crippen LogP contribution in [0.1, 0.15) is 43.5 Å². The quantitative estimate of drug-likeness (QED) is 0.307. The van der Waals surface area contributed by atoms with Crippen LogP contribution in [0.15, 0.2) is 73.8 Å². The van der Waals surface area contributed by atoms with Crippen molar-refractivity contribution >= 4 is 36.6 Å². The van der Waals surface area contributed by atoms with E-state index in [0.29, 0.717) is 12.1 Å². The maximum atomic E-state index is 13.7. The van der Waals surface area contributed by atoms with E-state index in [4.69, 9.17) is 4.74 Å². The molecule has 0 saturated carbocycles. The first-order valence-electron chi connectivity index (χ1n) is 11.7. The normalized spacial score (nSPS) is 12.6. The molecule has 2 N–H and O–H groups in total. The van der Waals surface area contributed by atoms with Crippen LogP contribution in [-0.2, 0) is 20.9 Å². The minimum absolute atomic E-state index is 0.0107. The van der Waals surface area contributed by atoms with Crippen LogP contribution in [0.5, 0.6) is 0 Å². The lowest BCUT2D eigenvalue weighted by atomic mass is 10.0. The van der Waals surface area contributed by atoms with Gasteiger partial charge in [-0.2, -0.15) is 12.6 Å². The Balaban J connectivity index is 2.40. The number of hydrogen-bond donors (Lipinski definition) is 3. The van der Waals surface area contributed by atoms with E-state index in [-0.39, 0.29) is 18.2 Å². The van der Waals surface area contributed by atoms with Gasteiger partial charge in [-0.25, -0.2) is 4.79 Å². The molecule has 36 heavy (non-hydrogen) atoms. The molecule has 0 aromatic heterocycles. The van der Waals surface area contributed by atoms with Crippen molar-refractivity contribution in [3.05, 3.63) is 90.5 Å². The van der Waals surface area contributed by atoms with Crippen LogP contribution in [0.25, 0.3) is 6.08 Å². The number of benzene rings is 2.